The molecule has 0 unspecified atom stereocenters. The highest BCUT2D eigenvalue weighted by Gasteiger charge is 2.23. The van der Waals surface area contributed by atoms with Gasteiger partial charge in [-0.3, -0.25) is 4.79 Å². The Labute approximate surface area is 171 Å². The molecule has 2 N–H and O–H groups in total. The number of carbonyl (C=O) groups excluding carboxylic acids is 2. The Kier molecular flexibility index (Phi) is 8.21. The van der Waals surface area contributed by atoms with Crippen LogP contribution in [0.5, 0.6) is 5.75 Å². The summed E-state index contributed by atoms with van der Waals surface area (Å²) in [6.45, 7) is 1.75. The number of methoxy groups -OCH3 is 1. The van der Waals surface area contributed by atoms with Crippen molar-refractivity contribution in [3.8, 4) is 5.75 Å². The fraction of sp³-hybridized carbons (Fsp3) is 0.500. The van der Waals surface area contributed by atoms with Crippen molar-refractivity contribution in [1.29, 1.82) is 0 Å². The van der Waals surface area contributed by atoms with Gasteiger partial charge in [0, 0.05) is 12.1 Å². The Balaban J connectivity index is 1.93. The topological polar surface area (TPSA) is 111 Å². The van der Waals surface area contributed by atoms with E-state index in [1.165, 1.54) is 38.8 Å². The molecule has 1 fully saturated rings. The van der Waals surface area contributed by atoms with Crippen LogP contribution in [0.1, 0.15) is 38.2 Å². The van der Waals surface area contributed by atoms with Gasteiger partial charge >= 0.3 is 5.97 Å². The highest BCUT2D eigenvalue weighted by Crippen LogP contribution is 2.25. The van der Waals surface area contributed by atoms with Crippen LogP contribution in [0, 0.1) is 5.92 Å². The lowest BCUT2D eigenvalue weighted by atomic mass is 9.86. The zero-order valence-corrected chi connectivity index (χ0v) is 17.8. The van der Waals surface area contributed by atoms with Gasteiger partial charge in [0.15, 0.2) is 6.61 Å². The summed E-state index contributed by atoms with van der Waals surface area (Å²) in [5, 5.41) is 2.91. The van der Waals surface area contributed by atoms with E-state index in [1.807, 2.05) is 0 Å². The second-order valence-electron chi connectivity index (χ2n) is 6.99. The molecule has 160 valence electrons. The number of rotatable bonds is 8. The van der Waals surface area contributed by atoms with Gasteiger partial charge in [0.2, 0.25) is 10.0 Å². The zero-order chi connectivity index (χ0) is 21.4. The highest BCUT2D eigenvalue weighted by atomic mass is 32.2. The third kappa shape index (κ3) is 6.57. The lowest BCUT2D eigenvalue weighted by Gasteiger charge is -2.29. The lowest BCUT2D eigenvalue weighted by Crippen LogP contribution is -2.42. The third-order valence-electron chi connectivity index (χ3n) is 4.96. The van der Waals surface area contributed by atoms with E-state index in [0.29, 0.717) is 11.5 Å². The molecule has 2 rings (SSSR count). The Hall–Kier alpha value is -2.39. The summed E-state index contributed by atoms with van der Waals surface area (Å²) in [4.78, 5) is 23.8. The molecular formula is C20H28N2O6S. The molecule has 2 atom stereocenters. The van der Waals surface area contributed by atoms with Crippen LogP contribution < -0.4 is 14.8 Å². The molecule has 0 spiro atoms. The Morgan fingerprint density at radius 3 is 2.62 bits per heavy atom. The molecule has 1 aromatic carbocycles. The van der Waals surface area contributed by atoms with Crippen LogP contribution in [0.4, 0.5) is 0 Å². The number of nitrogens with one attached hydrogen (secondary N) is 2. The maximum absolute atomic E-state index is 12.1. The van der Waals surface area contributed by atoms with Crippen molar-refractivity contribution in [1.82, 2.24) is 10.0 Å². The molecule has 0 bridgehead atoms. The number of hydrogen-bond acceptors (Lipinski definition) is 6. The van der Waals surface area contributed by atoms with E-state index in [2.05, 4.69) is 17.0 Å². The van der Waals surface area contributed by atoms with Gasteiger partial charge in [0.1, 0.15) is 10.6 Å². The standard InChI is InChI=1S/C20H28N2O6S/c1-14-6-4-5-7-16(14)22-19(23)13-28-20(24)11-9-15-8-10-17(27-3)18(12-15)29(25,26)21-2/h8-12,14,16,21H,4-7,13H2,1-3H3,(H,22,23)/b11-9+/t14-,16-/m0/s1. The number of amides is 1. The summed E-state index contributed by atoms with van der Waals surface area (Å²) >= 11 is 0. The third-order valence-corrected chi connectivity index (χ3v) is 6.40. The Morgan fingerprint density at radius 1 is 1.24 bits per heavy atom. The van der Waals surface area contributed by atoms with Crippen LogP contribution in [0.2, 0.25) is 0 Å². The van der Waals surface area contributed by atoms with Crippen molar-refractivity contribution >= 4 is 28.0 Å². The van der Waals surface area contributed by atoms with E-state index < -0.39 is 16.0 Å². The molecule has 29 heavy (non-hydrogen) atoms. The van der Waals surface area contributed by atoms with Crippen molar-refractivity contribution in [3.63, 3.8) is 0 Å². The van der Waals surface area contributed by atoms with Gasteiger partial charge in [0.25, 0.3) is 5.91 Å². The SMILES string of the molecule is CNS(=O)(=O)c1cc(/C=C/C(=O)OCC(=O)N[C@H]2CCCC[C@@H]2C)ccc1OC. The molecule has 1 aliphatic rings. The maximum atomic E-state index is 12.1. The van der Waals surface area contributed by atoms with Crippen molar-refractivity contribution in [2.75, 3.05) is 20.8 Å². The van der Waals surface area contributed by atoms with E-state index in [9.17, 15) is 18.0 Å². The van der Waals surface area contributed by atoms with Crippen LogP contribution in [-0.2, 0) is 24.3 Å². The fourth-order valence-electron chi connectivity index (χ4n) is 3.25. The summed E-state index contributed by atoms with van der Waals surface area (Å²) in [5.74, 6) is -0.405. The number of benzene rings is 1. The minimum absolute atomic E-state index is 0.0426. The van der Waals surface area contributed by atoms with Crippen LogP contribution in [0.15, 0.2) is 29.2 Å². The van der Waals surface area contributed by atoms with Crippen molar-refractivity contribution < 1.29 is 27.5 Å². The van der Waals surface area contributed by atoms with E-state index in [-0.39, 0.29) is 29.2 Å². The van der Waals surface area contributed by atoms with Gasteiger partial charge in [-0.05, 0) is 49.6 Å². The van der Waals surface area contributed by atoms with Gasteiger partial charge in [-0.15, -0.1) is 0 Å². The van der Waals surface area contributed by atoms with Gasteiger partial charge in [-0.2, -0.15) is 0 Å². The molecule has 8 nitrogen and oxygen atoms in total. The zero-order valence-electron chi connectivity index (χ0n) is 16.9. The van der Waals surface area contributed by atoms with E-state index >= 15 is 0 Å². The summed E-state index contributed by atoms with van der Waals surface area (Å²) in [7, 11) is -1.05. The maximum Gasteiger partial charge on any atom is 0.331 e. The van der Waals surface area contributed by atoms with Crippen molar-refractivity contribution in [3.05, 3.63) is 29.8 Å². The lowest BCUT2D eigenvalue weighted by molar-refractivity contribution is -0.144. The summed E-state index contributed by atoms with van der Waals surface area (Å²) in [5.41, 5.74) is 0.469. The second-order valence-corrected chi connectivity index (χ2v) is 8.85. The molecule has 1 aliphatic carbocycles. The van der Waals surface area contributed by atoms with Gasteiger partial charge in [-0.1, -0.05) is 25.8 Å². The number of carbonyl (C=O) groups is 2. The number of ether oxygens (including phenoxy) is 2. The molecule has 0 radical (unpaired) electrons. The number of sulfonamides is 1. The molecule has 1 saturated carbocycles. The largest absolute Gasteiger partial charge is 0.495 e. The predicted molar refractivity (Wildman–Crippen MR) is 109 cm³/mol. The van der Waals surface area contributed by atoms with Gasteiger partial charge in [-0.25, -0.2) is 17.9 Å². The first kappa shape index (κ1) is 22.9. The molecule has 0 aliphatic heterocycles. The smallest absolute Gasteiger partial charge is 0.331 e. The fourth-order valence-corrected chi connectivity index (χ4v) is 4.17. The van der Waals surface area contributed by atoms with E-state index in [1.54, 1.807) is 6.07 Å². The summed E-state index contributed by atoms with van der Waals surface area (Å²) in [6, 6.07) is 4.60. The predicted octanol–water partition coefficient (Wildman–Crippen LogP) is 1.85. The van der Waals surface area contributed by atoms with Crippen LogP contribution in [0.3, 0.4) is 0 Å². The molecule has 0 aromatic heterocycles. The highest BCUT2D eigenvalue weighted by molar-refractivity contribution is 7.89. The van der Waals surface area contributed by atoms with Gasteiger partial charge < -0.3 is 14.8 Å². The molecule has 9 heteroatoms. The average Bonchev–Trinajstić information content (AvgIpc) is 2.72. The first-order valence-corrected chi connectivity index (χ1v) is 11.0. The monoisotopic (exact) mass is 424 g/mol. The molecule has 1 amide bonds. The van der Waals surface area contributed by atoms with E-state index in [0.717, 1.165) is 25.3 Å². The van der Waals surface area contributed by atoms with Crippen molar-refractivity contribution in [2.45, 2.75) is 43.5 Å². The van der Waals surface area contributed by atoms with E-state index in [4.69, 9.17) is 9.47 Å². The molecule has 0 heterocycles. The second kappa shape index (κ2) is 10.4. The number of esters is 1. The molecule has 1 aromatic rings. The first-order valence-electron chi connectivity index (χ1n) is 9.52. The summed E-state index contributed by atoms with van der Waals surface area (Å²) < 4.78 is 36.4. The first-order chi connectivity index (χ1) is 13.8. The molecule has 0 saturated heterocycles. The minimum atomic E-state index is -3.72. The molecular weight excluding hydrogens is 396 g/mol. The van der Waals surface area contributed by atoms with Crippen molar-refractivity contribution in [2.24, 2.45) is 5.92 Å². The minimum Gasteiger partial charge on any atom is -0.495 e. The number of hydrogen-bond donors (Lipinski definition) is 2. The van der Waals surface area contributed by atoms with Crippen LogP contribution in [0.25, 0.3) is 6.08 Å². The van der Waals surface area contributed by atoms with Crippen LogP contribution >= 0.6 is 0 Å². The normalized spacial score (nSPS) is 19.7. The van der Waals surface area contributed by atoms with Gasteiger partial charge in [0.05, 0.1) is 7.11 Å². The Bertz CT molecular complexity index is 866. The van der Waals surface area contributed by atoms with Crippen LogP contribution in [-0.4, -0.2) is 47.1 Å². The Morgan fingerprint density at radius 2 is 1.97 bits per heavy atom. The quantitative estimate of drug-likeness (QED) is 0.487. The summed E-state index contributed by atoms with van der Waals surface area (Å²) in [6.07, 6.45) is 6.85. The average molecular weight is 425 g/mol.